The zero-order valence-corrected chi connectivity index (χ0v) is 24.1. The number of halogens is 1. The van der Waals surface area contributed by atoms with E-state index >= 15 is 0 Å². The minimum atomic E-state index is -4.31. The van der Waals surface area contributed by atoms with Gasteiger partial charge in [0.25, 0.3) is 15.7 Å². The topological polar surface area (TPSA) is 130 Å². The van der Waals surface area contributed by atoms with Crippen molar-refractivity contribution in [2.24, 2.45) is 0 Å². The van der Waals surface area contributed by atoms with Crippen molar-refractivity contribution >= 4 is 49.1 Å². The number of hydrogen-bond acceptors (Lipinski definition) is 6. The summed E-state index contributed by atoms with van der Waals surface area (Å²) in [5.74, 6) is -1.06. The molecule has 3 rings (SSSR count). The second-order valence-corrected chi connectivity index (χ2v) is 11.9. The molecule has 0 aliphatic carbocycles. The summed E-state index contributed by atoms with van der Waals surface area (Å²) in [7, 11) is -4.31. The predicted molar refractivity (Wildman–Crippen MR) is 152 cm³/mol. The molecule has 0 aliphatic rings. The summed E-state index contributed by atoms with van der Waals surface area (Å²) in [6.45, 7) is 4.50. The molecule has 2 amide bonds. The molecule has 0 saturated heterocycles. The molecular weight excluding hydrogens is 588 g/mol. The first-order valence-electron chi connectivity index (χ1n) is 12.1. The molecule has 0 radical (unpaired) electrons. The van der Waals surface area contributed by atoms with Gasteiger partial charge in [-0.3, -0.25) is 24.0 Å². The van der Waals surface area contributed by atoms with Crippen molar-refractivity contribution in [3.05, 3.63) is 99.0 Å². The molecule has 0 bridgehead atoms. The van der Waals surface area contributed by atoms with E-state index < -0.39 is 39.3 Å². The van der Waals surface area contributed by atoms with E-state index in [1.54, 1.807) is 63.2 Å². The number of nitro groups is 1. The van der Waals surface area contributed by atoms with Gasteiger partial charge in [-0.2, -0.15) is 0 Å². The number of nitrogens with zero attached hydrogens (tertiary/aromatic N) is 3. The lowest BCUT2D eigenvalue weighted by molar-refractivity contribution is -0.384. The molecule has 1 N–H and O–H groups in total. The highest BCUT2D eigenvalue weighted by Gasteiger charge is 2.33. The molecule has 206 valence electrons. The van der Waals surface area contributed by atoms with Crippen LogP contribution < -0.4 is 9.62 Å². The van der Waals surface area contributed by atoms with E-state index in [1.807, 2.05) is 0 Å². The lowest BCUT2D eigenvalue weighted by atomic mass is 10.1. The lowest BCUT2D eigenvalue weighted by Crippen LogP contribution is -2.52. The Labute approximate surface area is 236 Å². The Hall–Kier alpha value is -3.77. The fraction of sp³-hybridized carbons (Fsp3) is 0.259. The Balaban J connectivity index is 2.06. The molecule has 3 aromatic carbocycles. The second kappa shape index (κ2) is 12.9. The molecule has 12 heteroatoms. The third-order valence-electron chi connectivity index (χ3n) is 5.80. The van der Waals surface area contributed by atoms with Gasteiger partial charge in [-0.1, -0.05) is 52.3 Å². The van der Waals surface area contributed by atoms with Crippen LogP contribution in [0.15, 0.2) is 88.2 Å². The van der Waals surface area contributed by atoms with Gasteiger partial charge in [0.05, 0.1) is 15.5 Å². The number of hydrogen-bond donors (Lipinski definition) is 1. The zero-order chi connectivity index (χ0) is 28.7. The summed E-state index contributed by atoms with van der Waals surface area (Å²) in [6, 6.07) is 18.6. The number of non-ortho nitro benzene ring substituents is 1. The summed E-state index contributed by atoms with van der Waals surface area (Å²) in [6.07, 6.45) is 0. The smallest absolute Gasteiger partial charge is 0.271 e. The van der Waals surface area contributed by atoms with Crippen LogP contribution in [0.5, 0.6) is 0 Å². The van der Waals surface area contributed by atoms with Crippen LogP contribution in [0.1, 0.15) is 26.3 Å². The van der Waals surface area contributed by atoms with Crippen LogP contribution in [0, 0.1) is 10.1 Å². The average molecular weight is 618 g/mol. The van der Waals surface area contributed by atoms with Crippen LogP contribution in [0.25, 0.3) is 0 Å². The van der Waals surface area contributed by atoms with E-state index in [1.165, 1.54) is 35.2 Å². The SMILES string of the molecule is CC(C)NC(=O)[C@@H](C)N(Cc1ccc(Br)cc1)C(=O)CN(c1cccc([N+](=O)[O-])c1)S(=O)(=O)c1ccccc1. The average Bonchev–Trinajstić information content (AvgIpc) is 2.91. The number of carbonyl (C=O) groups is 2. The maximum atomic E-state index is 13.8. The van der Waals surface area contributed by atoms with Gasteiger partial charge in [-0.25, -0.2) is 8.42 Å². The van der Waals surface area contributed by atoms with Crippen molar-refractivity contribution in [3.63, 3.8) is 0 Å². The molecule has 0 spiro atoms. The minimum absolute atomic E-state index is 0.0347. The molecular formula is C27H29BrN4O6S. The van der Waals surface area contributed by atoms with Crippen LogP contribution in [0.4, 0.5) is 11.4 Å². The Morgan fingerprint density at radius 2 is 1.62 bits per heavy atom. The molecule has 0 heterocycles. The van der Waals surface area contributed by atoms with Crippen LogP contribution in [0.3, 0.4) is 0 Å². The molecule has 0 aromatic heterocycles. The van der Waals surface area contributed by atoms with Gasteiger partial charge >= 0.3 is 0 Å². The Bertz CT molecular complexity index is 1430. The van der Waals surface area contributed by atoms with Crippen molar-refractivity contribution in [3.8, 4) is 0 Å². The van der Waals surface area contributed by atoms with Gasteiger partial charge in [0.15, 0.2) is 0 Å². The first-order valence-corrected chi connectivity index (χ1v) is 14.3. The van der Waals surface area contributed by atoms with E-state index in [2.05, 4.69) is 21.2 Å². The van der Waals surface area contributed by atoms with E-state index in [4.69, 9.17) is 0 Å². The second-order valence-electron chi connectivity index (χ2n) is 9.09. The highest BCUT2D eigenvalue weighted by molar-refractivity contribution is 9.10. The highest BCUT2D eigenvalue weighted by atomic mass is 79.9. The first kappa shape index (κ1) is 29.8. The van der Waals surface area contributed by atoms with Crippen LogP contribution in [0.2, 0.25) is 0 Å². The van der Waals surface area contributed by atoms with Crippen LogP contribution >= 0.6 is 15.9 Å². The number of benzene rings is 3. The Morgan fingerprint density at radius 1 is 0.974 bits per heavy atom. The molecule has 10 nitrogen and oxygen atoms in total. The summed E-state index contributed by atoms with van der Waals surface area (Å²) in [5, 5.41) is 14.2. The first-order chi connectivity index (χ1) is 18.4. The van der Waals surface area contributed by atoms with E-state index in [9.17, 15) is 28.1 Å². The number of amides is 2. The Kier molecular flexibility index (Phi) is 9.81. The van der Waals surface area contributed by atoms with E-state index in [0.29, 0.717) is 0 Å². The molecule has 0 aliphatic heterocycles. The van der Waals surface area contributed by atoms with E-state index in [-0.39, 0.29) is 28.9 Å². The third-order valence-corrected chi connectivity index (χ3v) is 8.12. The maximum Gasteiger partial charge on any atom is 0.271 e. The van der Waals surface area contributed by atoms with Crippen molar-refractivity contribution in [1.82, 2.24) is 10.2 Å². The number of nitrogens with one attached hydrogen (secondary N) is 1. The normalized spacial score (nSPS) is 12.0. The standard InChI is InChI=1S/C27H29BrN4O6S/c1-19(2)29-27(34)20(3)30(17-21-12-14-22(28)15-13-21)26(33)18-31(23-8-7-9-24(16-23)32(35)36)39(37,38)25-10-5-4-6-11-25/h4-16,19-20H,17-18H2,1-3H3,(H,29,34)/t20-/m1/s1. The van der Waals surface area contributed by atoms with Gasteiger partial charge in [-0.05, 0) is 56.7 Å². The quantitative estimate of drug-likeness (QED) is 0.249. The molecule has 1 atom stereocenters. The summed E-state index contributed by atoms with van der Waals surface area (Å²) in [4.78, 5) is 38.7. The highest BCUT2D eigenvalue weighted by Crippen LogP contribution is 2.27. The van der Waals surface area contributed by atoms with Crippen molar-refractivity contribution in [1.29, 1.82) is 0 Å². The maximum absolute atomic E-state index is 13.8. The van der Waals surface area contributed by atoms with Gasteiger partial charge in [0.2, 0.25) is 11.8 Å². The fourth-order valence-corrected chi connectivity index (χ4v) is 5.48. The summed E-state index contributed by atoms with van der Waals surface area (Å²) in [5.41, 5.74) is 0.345. The van der Waals surface area contributed by atoms with Crippen LogP contribution in [-0.2, 0) is 26.2 Å². The number of nitro benzene ring substituents is 1. The molecule has 0 fully saturated rings. The molecule has 3 aromatic rings. The largest absolute Gasteiger partial charge is 0.352 e. The summed E-state index contributed by atoms with van der Waals surface area (Å²) < 4.78 is 29.1. The third kappa shape index (κ3) is 7.64. The van der Waals surface area contributed by atoms with E-state index in [0.717, 1.165) is 20.4 Å². The molecule has 39 heavy (non-hydrogen) atoms. The van der Waals surface area contributed by atoms with Gasteiger partial charge < -0.3 is 10.2 Å². The van der Waals surface area contributed by atoms with Gasteiger partial charge in [0, 0.05) is 29.2 Å². The molecule has 0 saturated carbocycles. The number of carbonyl (C=O) groups excluding carboxylic acids is 2. The van der Waals surface area contributed by atoms with Crippen molar-refractivity contribution in [2.75, 3.05) is 10.8 Å². The van der Waals surface area contributed by atoms with Gasteiger partial charge in [-0.15, -0.1) is 0 Å². The molecule has 0 unspecified atom stereocenters. The number of rotatable bonds is 11. The Morgan fingerprint density at radius 3 is 2.21 bits per heavy atom. The number of sulfonamides is 1. The lowest BCUT2D eigenvalue weighted by Gasteiger charge is -2.32. The van der Waals surface area contributed by atoms with Gasteiger partial charge in [0.1, 0.15) is 12.6 Å². The van der Waals surface area contributed by atoms with Crippen molar-refractivity contribution in [2.45, 2.75) is 44.3 Å². The van der Waals surface area contributed by atoms with Crippen LogP contribution in [-0.4, -0.2) is 48.7 Å². The number of anilines is 1. The monoisotopic (exact) mass is 616 g/mol. The fourth-order valence-electron chi connectivity index (χ4n) is 3.78. The zero-order valence-electron chi connectivity index (χ0n) is 21.7. The predicted octanol–water partition coefficient (Wildman–Crippen LogP) is 4.49. The minimum Gasteiger partial charge on any atom is -0.352 e. The van der Waals surface area contributed by atoms with Crippen molar-refractivity contribution < 1.29 is 22.9 Å². The summed E-state index contributed by atoms with van der Waals surface area (Å²) >= 11 is 3.37.